The molecular weight excluding hydrogens is 388 g/mol. The van der Waals surface area contributed by atoms with Gasteiger partial charge in [-0.15, -0.1) is 0 Å². The van der Waals surface area contributed by atoms with Crippen molar-refractivity contribution in [2.24, 2.45) is 0 Å². The molecule has 0 aliphatic carbocycles. The monoisotopic (exact) mass is 410 g/mol. The van der Waals surface area contributed by atoms with Crippen molar-refractivity contribution in [2.75, 3.05) is 17.6 Å². The first-order chi connectivity index (χ1) is 12.7. The minimum Gasteiger partial charge on any atom is -0.325 e. The zero-order chi connectivity index (χ0) is 19.9. The molecule has 0 unspecified atom stereocenters. The molecule has 0 aliphatic heterocycles. The molecule has 2 N–H and O–H groups in total. The summed E-state index contributed by atoms with van der Waals surface area (Å²) in [5.41, 5.74) is 0.934. The molecule has 27 heavy (non-hydrogen) atoms. The van der Waals surface area contributed by atoms with Crippen LogP contribution in [-0.4, -0.2) is 35.0 Å². The van der Waals surface area contributed by atoms with E-state index in [1.54, 1.807) is 30.3 Å². The lowest BCUT2D eigenvalue weighted by atomic mass is 10.2. The fourth-order valence-corrected chi connectivity index (χ4v) is 4.72. The Morgan fingerprint density at radius 3 is 2.15 bits per heavy atom. The van der Waals surface area contributed by atoms with E-state index in [9.17, 15) is 21.6 Å². The van der Waals surface area contributed by atoms with Crippen molar-refractivity contribution in [3.05, 3.63) is 60.2 Å². The maximum atomic E-state index is 12.1. The summed E-state index contributed by atoms with van der Waals surface area (Å²) in [4.78, 5) is 12.1. The Hall–Kier alpha value is -2.23. The quantitative estimate of drug-likeness (QED) is 0.656. The lowest BCUT2D eigenvalue weighted by Crippen LogP contribution is -2.25. The summed E-state index contributed by atoms with van der Waals surface area (Å²) >= 11 is 0. The van der Waals surface area contributed by atoms with E-state index in [1.807, 2.05) is 6.92 Å². The predicted octanol–water partition coefficient (Wildman–Crippen LogP) is 1.93. The standard InChI is InChI=1S/C18H22N2O5S2/c1-2-12-19-27(24,25)17-10-8-16(9-11-17)20-18(21)14-26(22,23)13-15-6-4-3-5-7-15/h3-11,19H,2,12-14H2,1H3,(H,20,21). The molecule has 0 aliphatic rings. The molecule has 0 spiro atoms. The van der Waals surface area contributed by atoms with Crippen molar-refractivity contribution < 1.29 is 21.6 Å². The van der Waals surface area contributed by atoms with Gasteiger partial charge in [0.2, 0.25) is 15.9 Å². The number of hydrogen-bond donors (Lipinski definition) is 2. The van der Waals surface area contributed by atoms with Crippen molar-refractivity contribution in [3.63, 3.8) is 0 Å². The third-order valence-electron chi connectivity index (χ3n) is 3.57. The van der Waals surface area contributed by atoms with Crippen LogP contribution in [0.1, 0.15) is 18.9 Å². The number of sulfone groups is 1. The molecule has 9 heteroatoms. The number of rotatable bonds is 9. The van der Waals surface area contributed by atoms with Crippen LogP contribution in [0.3, 0.4) is 0 Å². The second-order valence-corrected chi connectivity index (χ2v) is 9.82. The molecule has 146 valence electrons. The second-order valence-electron chi connectivity index (χ2n) is 5.99. The van der Waals surface area contributed by atoms with Gasteiger partial charge in [0, 0.05) is 12.2 Å². The lowest BCUT2D eigenvalue weighted by molar-refractivity contribution is -0.113. The van der Waals surface area contributed by atoms with Crippen molar-refractivity contribution >= 4 is 31.5 Å². The summed E-state index contributed by atoms with van der Waals surface area (Å²) in [5.74, 6) is -1.55. The Morgan fingerprint density at radius 2 is 1.56 bits per heavy atom. The molecule has 0 bridgehead atoms. The fraction of sp³-hybridized carbons (Fsp3) is 0.278. The van der Waals surface area contributed by atoms with E-state index in [0.29, 0.717) is 24.2 Å². The maximum absolute atomic E-state index is 12.1. The number of amides is 1. The minimum atomic E-state index is -3.61. The minimum absolute atomic E-state index is 0.0747. The molecule has 0 atom stereocenters. The van der Waals surface area contributed by atoms with E-state index in [0.717, 1.165) is 0 Å². The predicted molar refractivity (Wildman–Crippen MR) is 104 cm³/mol. The van der Waals surface area contributed by atoms with Crippen LogP contribution in [0.4, 0.5) is 5.69 Å². The average Bonchev–Trinajstić information content (AvgIpc) is 2.60. The summed E-state index contributed by atoms with van der Waals surface area (Å²) in [6.07, 6.45) is 0.671. The lowest BCUT2D eigenvalue weighted by Gasteiger charge is -2.09. The van der Waals surface area contributed by atoms with Gasteiger partial charge in [0.25, 0.3) is 0 Å². The fourth-order valence-electron chi connectivity index (χ4n) is 2.31. The molecule has 2 aromatic rings. The average molecular weight is 411 g/mol. The van der Waals surface area contributed by atoms with Crippen LogP contribution in [0.15, 0.2) is 59.5 Å². The van der Waals surface area contributed by atoms with E-state index < -0.39 is 31.5 Å². The molecule has 7 nitrogen and oxygen atoms in total. The highest BCUT2D eigenvalue weighted by atomic mass is 32.2. The Morgan fingerprint density at radius 1 is 0.926 bits per heavy atom. The Kier molecular flexibility index (Phi) is 7.11. The van der Waals surface area contributed by atoms with Crippen LogP contribution in [0.2, 0.25) is 0 Å². The van der Waals surface area contributed by atoms with Crippen molar-refractivity contribution in [1.29, 1.82) is 0 Å². The van der Waals surface area contributed by atoms with Gasteiger partial charge in [0.1, 0.15) is 5.75 Å². The maximum Gasteiger partial charge on any atom is 0.240 e. The topological polar surface area (TPSA) is 109 Å². The molecule has 2 rings (SSSR count). The smallest absolute Gasteiger partial charge is 0.240 e. The first kappa shape index (κ1) is 21.1. The van der Waals surface area contributed by atoms with Crippen molar-refractivity contribution in [3.8, 4) is 0 Å². The number of benzene rings is 2. The number of anilines is 1. The van der Waals surface area contributed by atoms with Gasteiger partial charge >= 0.3 is 0 Å². The first-order valence-electron chi connectivity index (χ1n) is 8.36. The molecular formula is C18H22N2O5S2. The number of sulfonamides is 1. The van der Waals surface area contributed by atoms with Crippen LogP contribution >= 0.6 is 0 Å². The van der Waals surface area contributed by atoms with Crippen LogP contribution < -0.4 is 10.0 Å². The molecule has 0 fully saturated rings. The summed E-state index contributed by atoms with van der Waals surface area (Å²) in [6, 6.07) is 14.2. The van der Waals surface area contributed by atoms with Crippen molar-refractivity contribution in [1.82, 2.24) is 4.72 Å². The van der Waals surface area contributed by atoms with Gasteiger partial charge in [-0.2, -0.15) is 0 Å². The summed E-state index contributed by atoms with van der Waals surface area (Å²) in [7, 11) is -7.20. The Bertz CT molecular complexity index is 970. The number of carbonyl (C=O) groups is 1. The van der Waals surface area contributed by atoms with Gasteiger partial charge in [-0.3, -0.25) is 4.79 Å². The van der Waals surface area contributed by atoms with Gasteiger partial charge in [-0.25, -0.2) is 21.6 Å². The molecule has 1 amide bonds. The Balaban J connectivity index is 1.97. The van der Waals surface area contributed by atoms with Gasteiger partial charge in [-0.05, 0) is 36.2 Å². The number of carbonyl (C=O) groups excluding carboxylic acids is 1. The molecule has 0 saturated heterocycles. The second kappa shape index (κ2) is 9.12. The van der Waals surface area contributed by atoms with E-state index in [-0.39, 0.29) is 10.6 Å². The van der Waals surface area contributed by atoms with Gasteiger partial charge < -0.3 is 5.32 Å². The number of hydrogen-bond acceptors (Lipinski definition) is 5. The van der Waals surface area contributed by atoms with Crippen LogP contribution in [0.25, 0.3) is 0 Å². The summed E-state index contributed by atoms with van der Waals surface area (Å²) in [5, 5.41) is 2.47. The normalized spacial score (nSPS) is 11.9. The molecule has 0 heterocycles. The van der Waals surface area contributed by atoms with Crippen molar-refractivity contribution in [2.45, 2.75) is 24.0 Å². The van der Waals surface area contributed by atoms with Gasteiger partial charge in [0.05, 0.1) is 10.6 Å². The summed E-state index contributed by atoms with van der Waals surface area (Å²) < 4.78 is 50.7. The largest absolute Gasteiger partial charge is 0.325 e. The Labute approximate surface area is 159 Å². The zero-order valence-corrected chi connectivity index (χ0v) is 16.5. The van der Waals surface area contributed by atoms with E-state index in [4.69, 9.17) is 0 Å². The highest BCUT2D eigenvalue weighted by Gasteiger charge is 2.18. The highest BCUT2D eigenvalue weighted by Crippen LogP contribution is 2.14. The third kappa shape index (κ3) is 6.78. The molecule has 0 saturated carbocycles. The third-order valence-corrected chi connectivity index (χ3v) is 6.52. The summed E-state index contributed by atoms with van der Waals surface area (Å²) in [6.45, 7) is 2.19. The number of nitrogens with one attached hydrogen (secondary N) is 2. The SMILES string of the molecule is CCCNS(=O)(=O)c1ccc(NC(=O)CS(=O)(=O)Cc2ccccc2)cc1. The van der Waals surface area contributed by atoms with Crippen LogP contribution in [0, 0.1) is 0 Å². The van der Waals surface area contributed by atoms with E-state index in [2.05, 4.69) is 10.0 Å². The van der Waals surface area contributed by atoms with E-state index >= 15 is 0 Å². The van der Waals surface area contributed by atoms with Gasteiger partial charge in [-0.1, -0.05) is 37.3 Å². The molecule has 0 aromatic heterocycles. The zero-order valence-electron chi connectivity index (χ0n) is 14.9. The molecule has 0 radical (unpaired) electrons. The first-order valence-corrected chi connectivity index (χ1v) is 11.7. The molecule has 2 aromatic carbocycles. The van der Waals surface area contributed by atoms with Crippen LogP contribution in [0.5, 0.6) is 0 Å². The van der Waals surface area contributed by atoms with Crippen LogP contribution in [-0.2, 0) is 30.4 Å². The van der Waals surface area contributed by atoms with E-state index in [1.165, 1.54) is 24.3 Å². The van der Waals surface area contributed by atoms with Gasteiger partial charge in [0.15, 0.2) is 9.84 Å². The highest BCUT2D eigenvalue weighted by molar-refractivity contribution is 7.91.